The third-order valence-electron chi connectivity index (χ3n) is 2.19. The van der Waals surface area contributed by atoms with Gasteiger partial charge in [0, 0.05) is 18.1 Å². The molecule has 0 aliphatic carbocycles. The number of rotatable bonds is 5. The summed E-state index contributed by atoms with van der Waals surface area (Å²) in [5, 5.41) is 0.667. The molecular weight excluding hydrogens is 267 g/mol. The lowest BCUT2D eigenvalue weighted by Crippen LogP contribution is -2.11. The van der Waals surface area contributed by atoms with E-state index in [1.807, 2.05) is 0 Å². The lowest BCUT2D eigenvalue weighted by Gasteiger charge is -2.07. The second-order valence-corrected chi connectivity index (χ2v) is 4.74. The van der Waals surface area contributed by atoms with Crippen molar-refractivity contribution in [2.45, 2.75) is 16.5 Å². The van der Waals surface area contributed by atoms with Gasteiger partial charge in [-0.25, -0.2) is 20.2 Å². The van der Waals surface area contributed by atoms with Crippen LogP contribution < -0.4 is 11.3 Å². The van der Waals surface area contributed by atoms with Gasteiger partial charge in [0.2, 0.25) is 0 Å². The zero-order valence-corrected chi connectivity index (χ0v) is 11.1. The number of nitrogen functional groups attached to an aromatic ring is 1. The molecular formula is C12H13FN4OS. The number of aromatic nitrogens is 2. The van der Waals surface area contributed by atoms with Crippen LogP contribution in [0, 0.1) is 5.82 Å². The summed E-state index contributed by atoms with van der Waals surface area (Å²) in [4.78, 5) is 9.20. The van der Waals surface area contributed by atoms with Gasteiger partial charge in [0.05, 0.1) is 0 Å². The van der Waals surface area contributed by atoms with Crippen molar-refractivity contribution in [3.05, 3.63) is 42.0 Å². The Morgan fingerprint density at radius 1 is 1.37 bits per heavy atom. The van der Waals surface area contributed by atoms with Crippen molar-refractivity contribution >= 4 is 17.6 Å². The summed E-state index contributed by atoms with van der Waals surface area (Å²) in [5.74, 6) is 6.06. The van der Waals surface area contributed by atoms with Gasteiger partial charge in [-0.1, -0.05) is 17.8 Å². The van der Waals surface area contributed by atoms with E-state index >= 15 is 0 Å². The van der Waals surface area contributed by atoms with Gasteiger partial charge in [-0.15, -0.1) is 0 Å². The van der Waals surface area contributed by atoms with E-state index in [1.165, 1.54) is 23.9 Å². The van der Waals surface area contributed by atoms with Crippen molar-refractivity contribution in [1.82, 2.24) is 9.97 Å². The quantitative estimate of drug-likeness (QED) is 0.497. The fourth-order valence-corrected chi connectivity index (χ4v) is 2.33. The summed E-state index contributed by atoms with van der Waals surface area (Å²) < 4.78 is 18.1. The molecule has 0 saturated heterocycles. The average Bonchev–Trinajstić information content (AvgIpc) is 2.39. The molecule has 0 atom stereocenters. The van der Waals surface area contributed by atoms with Crippen molar-refractivity contribution in [2.75, 3.05) is 12.5 Å². The first-order chi connectivity index (χ1) is 9.21. The zero-order valence-electron chi connectivity index (χ0n) is 10.3. The molecule has 0 aliphatic heterocycles. The summed E-state index contributed by atoms with van der Waals surface area (Å²) >= 11 is 1.33. The van der Waals surface area contributed by atoms with E-state index in [2.05, 4.69) is 15.4 Å². The lowest BCUT2D eigenvalue weighted by atomic mass is 10.4. The molecule has 1 heterocycles. The predicted octanol–water partition coefficient (Wildman–Crippen LogP) is 2.20. The molecule has 0 bridgehead atoms. The Balaban J connectivity index is 2.26. The maximum Gasteiger partial charge on any atom is 0.157 e. The molecule has 0 amide bonds. The molecule has 0 radical (unpaired) electrons. The van der Waals surface area contributed by atoms with Gasteiger partial charge in [-0.05, 0) is 18.2 Å². The van der Waals surface area contributed by atoms with E-state index in [0.717, 1.165) is 4.90 Å². The molecule has 0 spiro atoms. The van der Waals surface area contributed by atoms with Crippen LogP contribution in [0.3, 0.4) is 0 Å². The molecule has 19 heavy (non-hydrogen) atoms. The van der Waals surface area contributed by atoms with Crippen LogP contribution in [0.4, 0.5) is 10.2 Å². The summed E-state index contributed by atoms with van der Waals surface area (Å²) in [7, 11) is 1.56. The highest BCUT2D eigenvalue weighted by Gasteiger charge is 2.06. The van der Waals surface area contributed by atoms with Crippen LogP contribution in [-0.4, -0.2) is 17.1 Å². The van der Waals surface area contributed by atoms with Gasteiger partial charge in [-0.2, -0.15) is 0 Å². The van der Waals surface area contributed by atoms with Crippen molar-refractivity contribution < 1.29 is 9.13 Å². The van der Waals surface area contributed by atoms with Gasteiger partial charge in [0.15, 0.2) is 5.82 Å². The third kappa shape index (κ3) is 3.88. The van der Waals surface area contributed by atoms with Crippen molar-refractivity contribution in [3.8, 4) is 0 Å². The second kappa shape index (κ2) is 6.46. The maximum atomic E-state index is 13.1. The number of hydrogen-bond acceptors (Lipinski definition) is 6. The fraction of sp³-hybridized carbons (Fsp3) is 0.167. The number of nitrogens with one attached hydrogen (secondary N) is 1. The number of nitrogens with two attached hydrogens (primary N) is 1. The van der Waals surface area contributed by atoms with Gasteiger partial charge in [0.1, 0.15) is 23.3 Å². The van der Waals surface area contributed by atoms with Crippen LogP contribution in [-0.2, 0) is 11.3 Å². The number of hydrogen-bond donors (Lipinski definition) is 2. The Kier molecular flexibility index (Phi) is 4.67. The molecule has 0 aliphatic rings. The average molecular weight is 280 g/mol. The van der Waals surface area contributed by atoms with E-state index in [0.29, 0.717) is 16.7 Å². The largest absolute Gasteiger partial charge is 0.377 e. The predicted molar refractivity (Wildman–Crippen MR) is 71.1 cm³/mol. The number of hydrazine groups is 1. The van der Waals surface area contributed by atoms with Crippen molar-refractivity contribution in [1.29, 1.82) is 0 Å². The summed E-state index contributed by atoms with van der Waals surface area (Å²) in [6.45, 7) is 0.284. The third-order valence-corrected chi connectivity index (χ3v) is 3.10. The normalized spacial score (nSPS) is 10.5. The molecule has 0 fully saturated rings. The van der Waals surface area contributed by atoms with Crippen LogP contribution in [0.1, 0.15) is 5.82 Å². The Hall–Kier alpha value is -1.70. The standard InChI is InChI=1S/C12H13FN4OS/c1-18-7-11-15-10(17-14)6-12(16-11)19-9-4-2-3-8(13)5-9/h2-6H,7,14H2,1H3,(H,15,16,17). The van der Waals surface area contributed by atoms with Crippen LogP contribution in [0.2, 0.25) is 0 Å². The van der Waals surface area contributed by atoms with E-state index in [4.69, 9.17) is 10.6 Å². The molecule has 2 aromatic rings. The number of ether oxygens (including phenoxy) is 1. The maximum absolute atomic E-state index is 13.1. The van der Waals surface area contributed by atoms with E-state index in [9.17, 15) is 4.39 Å². The highest BCUT2D eigenvalue weighted by molar-refractivity contribution is 7.99. The highest BCUT2D eigenvalue weighted by atomic mass is 32.2. The highest BCUT2D eigenvalue weighted by Crippen LogP contribution is 2.27. The Bertz CT molecular complexity index is 567. The van der Waals surface area contributed by atoms with Crippen LogP contribution in [0.15, 0.2) is 40.3 Å². The Morgan fingerprint density at radius 3 is 2.89 bits per heavy atom. The topological polar surface area (TPSA) is 73.1 Å². The zero-order chi connectivity index (χ0) is 13.7. The second-order valence-electron chi connectivity index (χ2n) is 3.64. The number of halogens is 1. The molecule has 3 N–H and O–H groups in total. The minimum Gasteiger partial charge on any atom is -0.377 e. The molecule has 1 aromatic carbocycles. The van der Waals surface area contributed by atoms with Crippen LogP contribution in [0.25, 0.3) is 0 Å². The SMILES string of the molecule is COCc1nc(NN)cc(Sc2cccc(F)c2)n1. The Labute approximate surface area is 114 Å². The lowest BCUT2D eigenvalue weighted by molar-refractivity contribution is 0.177. The van der Waals surface area contributed by atoms with E-state index in [1.54, 1.807) is 25.3 Å². The molecule has 5 nitrogen and oxygen atoms in total. The van der Waals surface area contributed by atoms with Gasteiger partial charge in [0.25, 0.3) is 0 Å². The first-order valence-electron chi connectivity index (χ1n) is 5.48. The number of nitrogens with zero attached hydrogens (tertiary/aromatic N) is 2. The van der Waals surface area contributed by atoms with Crippen molar-refractivity contribution in [3.63, 3.8) is 0 Å². The van der Waals surface area contributed by atoms with E-state index in [-0.39, 0.29) is 12.4 Å². The first-order valence-corrected chi connectivity index (χ1v) is 6.30. The van der Waals surface area contributed by atoms with Gasteiger partial charge >= 0.3 is 0 Å². The summed E-state index contributed by atoms with van der Waals surface area (Å²) in [6.07, 6.45) is 0. The fourth-order valence-electron chi connectivity index (χ4n) is 1.44. The molecule has 2 rings (SSSR count). The number of methoxy groups -OCH3 is 1. The van der Waals surface area contributed by atoms with Gasteiger partial charge in [-0.3, -0.25) is 0 Å². The molecule has 7 heteroatoms. The van der Waals surface area contributed by atoms with E-state index < -0.39 is 0 Å². The van der Waals surface area contributed by atoms with Gasteiger partial charge < -0.3 is 10.2 Å². The summed E-state index contributed by atoms with van der Waals surface area (Å²) in [5.41, 5.74) is 2.47. The minimum absolute atomic E-state index is 0.284. The molecule has 100 valence electrons. The Morgan fingerprint density at radius 2 is 2.21 bits per heavy atom. The summed E-state index contributed by atoms with van der Waals surface area (Å²) in [6, 6.07) is 7.98. The molecule has 0 saturated carbocycles. The first kappa shape index (κ1) is 13.7. The number of anilines is 1. The number of benzene rings is 1. The molecule has 1 aromatic heterocycles. The smallest absolute Gasteiger partial charge is 0.157 e. The van der Waals surface area contributed by atoms with Crippen molar-refractivity contribution in [2.24, 2.45) is 5.84 Å². The van der Waals surface area contributed by atoms with Crippen LogP contribution in [0.5, 0.6) is 0 Å². The van der Waals surface area contributed by atoms with Crippen LogP contribution >= 0.6 is 11.8 Å². The monoisotopic (exact) mass is 280 g/mol. The minimum atomic E-state index is -0.284. The molecule has 0 unspecified atom stereocenters.